The largest absolute Gasteiger partial charge is 0.387 e. The summed E-state index contributed by atoms with van der Waals surface area (Å²) in [6.07, 6.45) is 3.66. The smallest absolute Gasteiger partial charge is 0.0573 e. The van der Waals surface area contributed by atoms with Gasteiger partial charge in [0.05, 0.1) is 23.8 Å². The second-order valence-electron chi connectivity index (χ2n) is 4.16. The molecular formula is C14H16ClN3. The van der Waals surface area contributed by atoms with Gasteiger partial charge in [0.25, 0.3) is 0 Å². The van der Waals surface area contributed by atoms with Gasteiger partial charge in [0.15, 0.2) is 0 Å². The van der Waals surface area contributed by atoms with E-state index in [0.29, 0.717) is 0 Å². The van der Waals surface area contributed by atoms with E-state index in [0.717, 1.165) is 22.9 Å². The first kappa shape index (κ1) is 12.7. The molecule has 0 atom stereocenters. The van der Waals surface area contributed by atoms with Gasteiger partial charge in [-0.15, -0.1) is 0 Å². The number of rotatable bonds is 4. The summed E-state index contributed by atoms with van der Waals surface area (Å²) in [5.41, 5.74) is 3.31. The van der Waals surface area contributed by atoms with Gasteiger partial charge in [-0.2, -0.15) is 0 Å². The van der Waals surface area contributed by atoms with Crippen LogP contribution in [0.2, 0.25) is 5.02 Å². The summed E-state index contributed by atoms with van der Waals surface area (Å²) in [4.78, 5) is 6.36. The molecule has 2 rings (SSSR count). The van der Waals surface area contributed by atoms with Crippen molar-refractivity contribution in [2.24, 2.45) is 0 Å². The number of aromatic nitrogens is 1. The highest BCUT2D eigenvalue weighted by Crippen LogP contribution is 2.19. The first-order chi connectivity index (χ1) is 8.69. The number of nitrogens with zero attached hydrogens (tertiary/aromatic N) is 2. The van der Waals surface area contributed by atoms with Crippen LogP contribution in [0.1, 0.15) is 5.56 Å². The van der Waals surface area contributed by atoms with Crippen molar-refractivity contribution >= 4 is 23.0 Å². The minimum absolute atomic E-state index is 0.764. The predicted octanol–water partition coefficient (Wildman–Crippen LogP) is 3.41. The molecule has 0 fully saturated rings. The fraction of sp³-hybridized carbons (Fsp3) is 0.214. The number of benzene rings is 1. The van der Waals surface area contributed by atoms with E-state index in [-0.39, 0.29) is 0 Å². The molecule has 0 saturated heterocycles. The first-order valence-corrected chi connectivity index (χ1v) is 6.15. The minimum atomic E-state index is 0.764. The van der Waals surface area contributed by atoms with E-state index in [1.54, 1.807) is 6.20 Å². The van der Waals surface area contributed by atoms with Gasteiger partial charge in [0, 0.05) is 25.7 Å². The molecule has 1 aromatic carbocycles. The second-order valence-corrected chi connectivity index (χ2v) is 4.60. The van der Waals surface area contributed by atoms with E-state index in [1.807, 2.05) is 44.6 Å². The fourth-order valence-corrected chi connectivity index (χ4v) is 1.85. The third kappa shape index (κ3) is 3.14. The van der Waals surface area contributed by atoms with Gasteiger partial charge in [-0.1, -0.05) is 23.7 Å². The van der Waals surface area contributed by atoms with Gasteiger partial charge < -0.3 is 10.2 Å². The second kappa shape index (κ2) is 5.74. The molecule has 0 aliphatic heterocycles. The molecule has 0 aliphatic rings. The molecule has 4 heteroatoms. The first-order valence-electron chi connectivity index (χ1n) is 5.77. The molecule has 3 nitrogen and oxygen atoms in total. The zero-order valence-corrected chi connectivity index (χ0v) is 11.3. The molecule has 0 bridgehead atoms. The number of pyridine rings is 1. The summed E-state index contributed by atoms with van der Waals surface area (Å²) < 4.78 is 0. The summed E-state index contributed by atoms with van der Waals surface area (Å²) in [6, 6.07) is 9.96. The molecule has 1 N–H and O–H groups in total. The Morgan fingerprint density at radius 1 is 1.22 bits per heavy atom. The third-order valence-electron chi connectivity index (χ3n) is 2.79. The van der Waals surface area contributed by atoms with Gasteiger partial charge in [-0.05, 0) is 23.8 Å². The van der Waals surface area contributed by atoms with Gasteiger partial charge in [-0.3, -0.25) is 4.98 Å². The third-order valence-corrected chi connectivity index (χ3v) is 3.04. The van der Waals surface area contributed by atoms with Crippen LogP contribution in [-0.2, 0) is 6.54 Å². The Balaban J connectivity index is 2.11. The lowest BCUT2D eigenvalue weighted by atomic mass is 10.2. The molecule has 0 saturated carbocycles. The molecule has 0 unspecified atom stereocenters. The summed E-state index contributed by atoms with van der Waals surface area (Å²) >= 11 is 5.87. The quantitative estimate of drug-likeness (QED) is 0.914. The average molecular weight is 262 g/mol. The van der Waals surface area contributed by atoms with E-state index < -0.39 is 0 Å². The standard InChI is InChI=1S/C14H16ClN3/c1-16-13-7-14(9-17-8-13)18(2)10-11-3-5-12(15)6-4-11/h3-9,16H,10H2,1-2H3. The van der Waals surface area contributed by atoms with Crippen molar-refractivity contribution in [2.45, 2.75) is 6.54 Å². The lowest BCUT2D eigenvalue weighted by Gasteiger charge is -2.19. The van der Waals surface area contributed by atoms with Gasteiger partial charge in [-0.25, -0.2) is 0 Å². The predicted molar refractivity (Wildman–Crippen MR) is 77.3 cm³/mol. The average Bonchev–Trinajstić information content (AvgIpc) is 2.41. The number of hydrogen-bond acceptors (Lipinski definition) is 3. The Hall–Kier alpha value is -1.74. The van der Waals surface area contributed by atoms with Crippen LogP contribution in [0, 0.1) is 0 Å². The van der Waals surface area contributed by atoms with E-state index >= 15 is 0 Å². The van der Waals surface area contributed by atoms with Gasteiger partial charge in [0.2, 0.25) is 0 Å². The zero-order valence-electron chi connectivity index (χ0n) is 10.5. The van der Waals surface area contributed by atoms with Crippen LogP contribution in [0.15, 0.2) is 42.7 Å². The summed E-state index contributed by atoms with van der Waals surface area (Å²) in [5.74, 6) is 0. The number of halogens is 1. The summed E-state index contributed by atoms with van der Waals surface area (Å²) in [5, 5.41) is 3.85. The van der Waals surface area contributed by atoms with E-state index in [9.17, 15) is 0 Å². The van der Waals surface area contributed by atoms with Crippen LogP contribution in [0.4, 0.5) is 11.4 Å². The van der Waals surface area contributed by atoms with Crippen LogP contribution in [0.5, 0.6) is 0 Å². The van der Waals surface area contributed by atoms with Crippen LogP contribution in [-0.4, -0.2) is 19.1 Å². The summed E-state index contributed by atoms with van der Waals surface area (Å²) in [7, 11) is 3.94. The molecule has 0 aliphatic carbocycles. The van der Waals surface area contributed by atoms with Crippen molar-refractivity contribution in [3.05, 3.63) is 53.3 Å². The lowest BCUT2D eigenvalue weighted by molar-refractivity contribution is 0.918. The highest BCUT2D eigenvalue weighted by Gasteiger charge is 2.03. The normalized spacial score (nSPS) is 10.2. The van der Waals surface area contributed by atoms with Crippen molar-refractivity contribution in [2.75, 3.05) is 24.3 Å². The van der Waals surface area contributed by atoms with Crippen LogP contribution in [0.25, 0.3) is 0 Å². The molecule has 2 aromatic rings. The Morgan fingerprint density at radius 2 is 1.94 bits per heavy atom. The Bertz CT molecular complexity index is 511. The molecule has 94 valence electrons. The molecule has 1 heterocycles. The Morgan fingerprint density at radius 3 is 2.61 bits per heavy atom. The van der Waals surface area contributed by atoms with E-state index in [2.05, 4.69) is 21.3 Å². The topological polar surface area (TPSA) is 28.2 Å². The molecule has 0 spiro atoms. The SMILES string of the molecule is CNc1cncc(N(C)Cc2ccc(Cl)cc2)c1. The maximum absolute atomic E-state index is 5.87. The monoisotopic (exact) mass is 261 g/mol. The molecule has 1 aromatic heterocycles. The highest BCUT2D eigenvalue weighted by molar-refractivity contribution is 6.30. The van der Waals surface area contributed by atoms with E-state index in [1.165, 1.54) is 5.56 Å². The molecule has 18 heavy (non-hydrogen) atoms. The maximum Gasteiger partial charge on any atom is 0.0573 e. The van der Waals surface area contributed by atoms with Crippen molar-refractivity contribution in [1.82, 2.24) is 4.98 Å². The van der Waals surface area contributed by atoms with Crippen molar-refractivity contribution in [3.63, 3.8) is 0 Å². The molecule has 0 amide bonds. The van der Waals surface area contributed by atoms with E-state index in [4.69, 9.17) is 11.6 Å². The molecular weight excluding hydrogens is 246 g/mol. The number of hydrogen-bond donors (Lipinski definition) is 1. The van der Waals surface area contributed by atoms with Crippen molar-refractivity contribution in [3.8, 4) is 0 Å². The van der Waals surface area contributed by atoms with Crippen molar-refractivity contribution < 1.29 is 0 Å². The lowest BCUT2D eigenvalue weighted by Crippen LogP contribution is -2.16. The number of anilines is 2. The van der Waals surface area contributed by atoms with Crippen LogP contribution >= 0.6 is 11.6 Å². The maximum atomic E-state index is 5.87. The number of nitrogens with one attached hydrogen (secondary N) is 1. The fourth-order valence-electron chi connectivity index (χ4n) is 1.73. The van der Waals surface area contributed by atoms with Gasteiger partial charge >= 0.3 is 0 Å². The highest BCUT2D eigenvalue weighted by atomic mass is 35.5. The van der Waals surface area contributed by atoms with Gasteiger partial charge in [0.1, 0.15) is 0 Å². The Labute approximate surface area is 112 Å². The Kier molecular flexibility index (Phi) is 4.05. The minimum Gasteiger partial charge on any atom is -0.387 e. The summed E-state index contributed by atoms with van der Waals surface area (Å²) in [6.45, 7) is 0.825. The van der Waals surface area contributed by atoms with Crippen LogP contribution in [0.3, 0.4) is 0 Å². The zero-order chi connectivity index (χ0) is 13.0. The van der Waals surface area contributed by atoms with Crippen molar-refractivity contribution in [1.29, 1.82) is 0 Å². The molecule has 0 radical (unpaired) electrons. The van der Waals surface area contributed by atoms with Crippen LogP contribution < -0.4 is 10.2 Å².